The van der Waals surface area contributed by atoms with Crippen LogP contribution in [0.5, 0.6) is 0 Å². The zero-order chi connectivity index (χ0) is 12.2. The highest BCUT2D eigenvalue weighted by Gasteiger charge is 2.28. The summed E-state index contributed by atoms with van der Waals surface area (Å²) in [5.41, 5.74) is 2.14. The normalized spacial score (nSPS) is 16.7. The van der Waals surface area contributed by atoms with Gasteiger partial charge in [-0.25, -0.2) is 9.50 Å². The number of aromatic nitrogens is 3. The first-order valence-electron chi connectivity index (χ1n) is 6.02. The molecule has 2 aromatic heterocycles. The van der Waals surface area contributed by atoms with Crippen LogP contribution in [0.2, 0.25) is 5.15 Å². The van der Waals surface area contributed by atoms with Crippen molar-refractivity contribution >= 4 is 17.2 Å². The Morgan fingerprint density at radius 1 is 1.29 bits per heavy atom. The van der Waals surface area contributed by atoms with Gasteiger partial charge in [0.25, 0.3) is 0 Å². The van der Waals surface area contributed by atoms with Gasteiger partial charge in [0.05, 0.1) is 0 Å². The average molecular weight is 250 g/mol. The zero-order valence-electron chi connectivity index (χ0n) is 10.4. The highest BCUT2D eigenvalue weighted by molar-refractivity contribution is 6.29. The van der Waals surface area contributed by atoms with Crippen LogP contribution in [0.1, 0.15) is 50.9 Å². The second kappa shape index (κ2) is 3.45. The fourth-order valence-electron chi connectivity index (χ4n) is 1.91. The van der Waals surface area contributed by atoms with Gasteiger partial charge in [0, 0.05) is 5.92 Å². The van der Waals surface area contributed by atoms with Gasteiger partial charge in [-0.3, -0.25) is 0 Å². The van der Waals surface area contributed by atoms with Gasteiger partial charge in [-0.1, -0.05) is 32.4 Å². The molecule has 2 aromatic rings. The van der Waals surface area contributed by atoms with Crippen molar-refractivity contribution in [2.24, 2.45) is 0 Å². The summed E-state index contributed by atoms with van der Waals surface area (Å²) < 4.78 is 1.74. The molecule has 0 amide bonds. The van der Waals surface area contributed by atoms with Crippen molar-refractivity contribution in [2.75, 3.05) is 0 Å². The maximum atomic E-state index is 6.27. The molecule has 17 heavy (non-hydrogen) atoms. The van der Waals surface area contributed by atoms with E-state index in [1.54, 1.807) is 4.52 Å². The van der Waals surface area contributed by atoms with Gasteiger partial charge in [0.2, 0.25) is 0 Å². The summed E-state index contributed by atoms with van der Waals surface area (Å²) in [6, 6.07) is 4.07. The Bertz CT molecular complexity index is 576. The van der Waals surface area contributed by atoms with Crippen LogP contribution < -0.4 is 0 Å². The van der Waals surface area contributed by atoms with Crippen molar-refractivity contribution in [1.29, 1.82) is 0 Å². The van der Waals surface area contributed by atoms with Crippen molar-refractivity contribution in [3.05, 3.63) is 28.7 Å². The Morgan fingerprint density at radius 3 is 2.59 bits per heavy atom. The predicted octanol–water partition coefficient (Wildman–Crippen LogP) is 3.56. The Kier molecular flexibility index (Phi) is 2.24. The van der Waals surface area contributed by atoms with Gasteiger partial charge in [-0.15, -0.1) is 5.10 Å². The molecule has 90 valence electrons. The van der Waals surface area contributed by atoms with Gasteiger partial charge in [-0.05, 0) is 36.0 Å². The van der Waals surface area contributed by atoms with E-state index in [9.17, 15) is 0 Å². The fourth-order valence-corrected chi connectivity index (χ4v) is 2.15. The fraction of sp³-hybridized carbons (Fsp3) is 0.538. The minimum absolute atomic E-state index is 0.0804. The number of hydrogen-bond donors (Lipinski definition) is 0. The molecular weight excluding hydrogens is 234 g/mol. The largest absolute Gasteiger partial charge is 0.212 e. The van der Waals surface area contributed by atoms with Gasteiger partial charge in [0.1, 0.15) is 5.15 Å². The second-order valence-corrected chi connectivity index (χ2v) is 6.22. The summed E-state index contributed by atoms with van der Waals surface area (Å²) >= 11 is 6.27. The van der Waals surface area contributed by atoms with Crippen LogP contribution in [-0.2, 0) is 5.41 Å². The summed E-state index contributed by atoms with van der Waals surface area (Å²) in [4.78, 5) is 4.58. The minimum atomic E-state index is 0.0804. The molecule has 0 atom stereocenters. The molecule has 0 unspecified atom stereocenters. The van der Waals surface area contributed by atoms with E-state index in [2.05, 4.69) is 36.9 Å². The molecule has 0 spiro atoms. The first kappa shape index (κ1) is 11.0. The van der Waals surface area contributed by atoms with Crippen LogP contribution in [-0.4, -0.2) is 14.6 Å². The topological polar surface area (TPSA) is 30.2 Å². The van der Waals surface area contributed by atoms with E-state index in [4.69, 9.17) is 11.6 Å². The molecule has 0 saturated heterocycles. The van der Waals surface area contributed by atoms with E-state index < -0.39 is 0 Å². The molecule has 0 N–H and O–H groups in total. The molecule has 0 radical (unpaired) electrons. The summed E-state index contributed by atoms with van der Waals surface area (Å²) in [5, 5.41) is 5.12. The van der Waals surface area contributed by atoms with Gasteiger partial charge >= 0.3 is 0 Å². The van der Waals surface area contributed by atoms with E-state index in [0.717, 1.165) is 11.5 Å². The molecule has 0 aliphatic heterocycles. The third-order valence-corrected chi connectivity index (χ3v) is 3.49. The van der Waals surface area contributed by atoms with Crippen molar-refractivity contribution in [2.45, 2.75) is 44.9 Å². The predicted molar refractivity (Wildman–Crippen MR) is 68.7 cm³/mol. The molecule has 3 nitrogen and oxygen atoms in total. The maximum absolute atomic E-state index is 6.27. The maximum Gasteiger partial charge on any atom is 0.157 e. The van der Waals surface area contributed by atoms with Crippen LogP contribution in [0.3, 0.4) is 0 Å². The lowest BCUT2D eigenvalue weighted by Crippen LogP contribution is -2.11. The summed E-state index contributed by atoms with van der Waals surface area (Å²) in [6.45, 7) is 6.52. The monoisotopic (exact) mass is 249 g/mol. The molecule has 1 fully saturated rings. The SMILES string of the molecule is CC(C)(C)c1cc(Cl)n2nc(C3CC3)nc2c1. The molecule has 1 aliphatic carbocycles. The van der Waals surface area contributed by atoms with Gasteiger partial charge in [0.15, 0.2) is 11.5 Å². The summed E-state index contributed by atoms with van der Waals surface area (Å²) in [6.07, 6.45) is 2.42. The molecule has 2 heterocycles. The Morgan fingerprint density at radius 2 is 2.00 bits per heavy atom. The number of rotatable bonds is 1. The third kappa shape index (κ3) is 1.93. The van der Waals surface area contributed by atoms with Crippen LogP contribution in [0, 0.1) is 0 Å². The molecule has 0 aromatic carbocycles. The van der Waals surface area contributed by atoms with Crippen LogP contribution in [0.4, 0.5) is 0 Å². The van der Waals surface area contributed by atoms with Crippen molar-refractivity contribution in [3.8, 4) is 0 Å². The summed E-state index contributed by atoms with van der Waals surface area (Å²) in [5.74, 6) is 1.50. The number of hydrogen-bond acceptors (Lipinski definition) is 2. The second-order valence-electron chi connectivity index (χ2n) is 5.83. The Hall–Kier alpha value is -1.09. The highest BCUT2D eigenvalue weighted by atomic mass is 35.5. The van der Waals surface area contributed by atoms with E-state index in [1.165, 1.54) is 18.4 Å². The van der Waals surface area contributed by atoms with Crippen LogP contribution in [0.15, 0.2) is 12.1 Å². The smallest absolute Gasteiger partial charge is 0.157 e. The number of halogens is 1. The van der Waals surface area contributed by atoms with E-state index in [1.807, 2.05) is 6.07 Å². The lowest BCUT2D eigenvalue weighted by atomic mass is 9.88. The number of fused-ring (bicyclic) bond motifs is 1. The van der Waals surface area contributed by atoms with Crippen LogP contribution in [0.25, 0.3) is 5.65 Å². The van der Waals surface area contributed by atoms with Crippen molar-refractivity contribution in [1.82, 2.24) is 14.6 Å². The van der Waals surface area contributed by atoms with E-state index in [0.29, 0.717) is 11.1 Å². The Balaban J connectivity index is 2.18. The Labute approximate surface area is 106 Å². The van der Waals surface area contributed by atoms with Crippen molar-refractivity contribution in [3.63, 3.8) is 0 Å². The quantitative estimate of drug-likeness (QED) is 0.724. The molecular formula is C13H16ClN3. The number of nitrogens with zero attached hydrogens (tertiary/aromatic N) is 3. The molecule has 3 rings (SSSR count). The molecule has 4 heteroatoms. The zero-order valence-corrected chi connectivity index (χ0v) is 11.1. The lowest BCUT2D eigenvalue weighted by Gasteiger charge is -2.19. The molecule has 0 bridgehead atoms. The first-order valence-corrected chi connectivity index (χ1v) is 6.39. The van der Waals surface area contributed by atoms with Crippen LogP contribution >= 0.6 is 11.6 Å². The number of pyridine rings is 1. The average Bonchev–Trinajstić information content (AvgIpc) is 2.97. The first-order chi connectivity index (χ1) is 7.95. The molecule has 1 aliphatic rings. The highest BCUT2D eigenvalue weighted by Crippen LogP contribution is 2.38. The van der Waals surface area contributed by atoms with E-state index in [-0.39, 0.29) is 5.41 Å². The lowest BCUT2D eigenvalue weighted by molar-refractivity contribution is 0.589. The summed E-state index contributed by atoms with van der Waals surface area (Å²) in [7, 11) is 0. The standard InChI is InChI=1S/C13H16ClN3/c1-13(2,3)9-6-10(14)17-11(7-9)15-12(16-17)8-4-5-8/h6-8H,4-5H2,1-3H3. The van der Waals surface area contributed by atoms with Gasteiger partial charge < -0.3 is 0 Å². The van der Waals surface area contributed by atoms with E-state index >= 15 is 0 Å². The van der Waals surface area contributed by atoms with Crippen molar-refractivity contribution < 1.29 is 0 Å². The molecule has 1 saturated carbocycles. The van der Waals surface area contributed by atoms with Gasteiger partial charge in [-0.2, -0.15) is 0 Å². The third-order valence-electron chi connectivity index (χ3n) is 3.22. The minimum Gasteiger partial charge on any atom is -0.212 e.